The number of aliphatic hydroxyl groups is 1. The first-order valence-electron chi connectivity index (χ1n) is 4.54. The number of aliphatic hydroxyl groups excluding tert-OH is 1. The molecule has 0 aliphatic heterocycles. The molecule has 1 unspecified atom stereocenters. The highest BCUT2D eigenvalue weighted by Gasteiger charge is 2.29. The third-order valence-electron chi connectivity index (χ3n) is 2.37. The van der Waals surface area contributed by atoms with Crippen LogP contribution in [0.15, 0.2) is 18.3 Å². The van der Waals surface area contributed by atoms with Crippen molar-refractivity contribution in [1.82, 2.24) is 4.98 Å². The first-order valence-corrected chi connectivity index (χ1v) is 4.54. The van der Waals surface area contributed by atoms with Gasteiger partial charge in [-0.3, -0.25) is 4.98 Å². The van der Waals surface area contributed by atoms with Crippen molar-refractivity contribution in [3.63, 3.8) is 0 Å². The number of pyridine rings is 1. The molecule has 0 spiro atoms. The summed E-state index contributed by atoms with van der Waals surface area (Å²) in [5.41, 5.74) is 0.765. The number of aromatic nitrogens is 1. The second kappa shape index (κ2) is 3.42. The smallest absolute Gasteiger partial charge is 0.141 e. The largest absolute Gasteiger partial charge is 0.392 e. The van der Waals surface area contributed by atoms with Crippen LogP contribution in [0, 0.1) is 11.7 Å². The standard InChI is InChI=1S/C10H12FNO/c11-8-3-4-9(12-6-8)5-10(13)7-1-2-7/h3-4,6-7,10,13H,1-2,5H2. The van der Waals surface area contributed by atoms with Crippen LogP contribution in [0.4, 0.5) is 4.39 Å². The van der Waals surface area contributed by atoms with E-state index in [9.17, 15) is 9.50 Å². The lowest BCUT2D eigenvalue weighted by molar-refractivity contribution is 0.150. The lowest BCUT2D eigenvalue weighted by atomic mass is 10.1. The number of nitrogens with zero attached hydrogens (tertiary/aromatic N) is 1. The Morgan fingerprint density at radius 2 is 2.31 bits per heavy atom. The van der Waals surface area contributed by atoms with Crippen LogP contribution in [0.25, 0.3) is 0 Å². The van der Waals surface area contributed by atoms with Gasteiger partial charge in [-0.05, 0) is 30.9 Å². The normalized spacial score (nSPS) is 18.6. The molecule has 0 aromatic carbocycles. The fraction of sp³-hybridized carbons (Fsp3) is 0.500. The predicted octanol–water partition coefficient (Wildman–Crippen LogP) is 1.53. The zero-order valence-corrected chi connectivity index (χ0v) is 7.28. The molecule has 3 heteroatoms. The van der Waals surface area contributed by atoms with Crippen LogP contribution in [0.3, 0.4) is 0 Å². The Kier molecular flexibility index (Phi) is 2.27. The summed E-state index contributed by atoms with van der Waals surface area (Å²) in [7, 11) is 0. The molecule has 1 fully saturated rings. The van der Waals surface area contributed by atoms with E-state index in [4.69, 9.17) is 0 Å². The van der Waals surface area contributed by atoms with Gasteiger partial charge in [-0.15, -0.1) is 0 Å². The maximum absolute atomic E-state index is 12.5. The lowest BCUT2D eigenvalue weighted by Gasteiger charge is -2.07. The number of hydrogen-bond donors (Lipinski definition) is 1. The van der Waals surface area contributed by atoms with Crippen LogP contribution in [0.2, 0.25) is 0 Å². The number of hydrogen-bond acceptors (Lipinski definition) is 2. The minimum Gasteiger partial charge on any atom is -0.392 e. The molecule has 1 N–H and O–H groups in total. The van der Waals surface area contributed by atoms with Crippen LogP contribution in [-0.2, 0) is 6.42 Å². The van der Waals surface area contributed by atoms with Crippen LogP contribution in [0.5, 0.6) is 0 Å². The summed E-state index contributed by atoms with van der Waals surface area (Å²) < 4.78 is 12.5. The van der Waals surface area contributed by atoms with E-state index in [0.29, 0.717) is 12.3 Å². The number of halogens is 1. The summed E-state index contributed by atoms with van der Waals surface area (Å²) in [6.07, 6.45) is 3.67. The number of rotatable bonds is 3. The molecule has 1 aliphatic rings. The minimum atomic E-state index is -0.329. The molecule has 2 nitrogen and oxygen atoms in total. The first kappa shape index (κ1) is 8.63. The van der Waals surface area contributed by atoms with E-state index in [-0.39, 0.29) is 11.9 Å². The summed E-state index contributed by atoms with van der Waals surface area (Å²) in [6.45, 7) is 0. The summed E-state index contributed by atoms with van der Waals surface area (Å²) in [4.78, 5) is 3.89. The molecule has 0 saturated heterocycles. The van der Waals surface area contributed by atoms with Crippen LogP contribution in [-0.4, -0.2) is 16.2 Å². The average molecular weight is 181 g/mol. The highest BCUT2D eigenvalue weighted by molar-refractivity contribution is 5.07. The summed E-state index contributed by atoms with van der Waals surface area (Å²) in [5, 5.41) is 9.58. The maximum Gasteiger partial charge on any atom is 0.141 e. The van der Waals surface area contributed by atoms with Gasteiger partial charge in [0.1, 0.15) is 5.82 Å². The van der Waals surface area contributed by atoms with Crippen LogP contribution in [0.1, 0.15) is 18.5 Å². The van der Waals surface area contributed by atoms with Crippen LogP contribution < -0.4 is 0 Å². The molecule has 1 aromatic rings. The van der Waals surface area contributed by atoms with Crippen molar-refractivity contribution in [2.75, 3.05) is 0 Å². The minimum absolute atomic E-state index is 0.294. The van der Waals surface area contributed by atoms with Gasteiger partial charge in [-0.25, -0.2) is 4.39 Å². The molecule has 1 aliphatic carbocycles. The van der Waals surface area contributed by atoms with E-state index >= 15 is 0 Å². The van der Waals surface area contributed by atoms with Gasteiger partial charge in [-0.1, -0.05) is 0 Å². The molecule has 13 heavy (non-hydrogen) atoms. The molecule has 1 atom stereocenters. The fourth-order valence-corrected chi connectivity index (χ4v) is 1.39. The Morgan fingerprint density at radius 3 is 2.85 bits per heavy atom. The molecule has 1 heterocycles. The highest BCUT2D eigenvalue weighted by atomic mass is 19.1. The van der Waals surface area contributed by atoms with Gasteiger partial charge >= 0.3 is 0 Å². The van der Waals surface area contributed by atoms with Crippen molar-refractivity contribution in [2.45, 2.75) is 25.4 Å². The summed E-state index contributed by atoms with van der Waals surface area (Å²) in [6, 6.07) is 3.00. The van der Waals surface area contributed by atoms with Gasteiger partial charge in [0.15, 0.2) is 0 Å². The highest BCUT2D eigenvalue weighted by Crippen LogP contribution is 2.33. The molecule has 2 rings (SSSR count). The maximum atomic E-state index is 12.5. The van der Waals surface area contributed by atoms with Crippen molar-refractivity contribution < 1.29 is 9.50 Å². The van der Waals surface area contributed by atoms with Crippen molar-refractivity contribution in [1.29, 1.82) is 0 Å². The van der Waals surface area contributed by atoms with Gasteiger partial charge in [0, 0.05) is 12.1 Å². The van der Waals surface area contributed by atoms with Gasteiger partial charge in [0.05, 0.1) is 12.3 Å². The predicted molar refractivity (Wildman–Crippen MR) is 46.6 cm³/mol. The van der Waals surface area contributed by atoms with Gasteiger partial charge in [0.25, 0.3) is 0 Å². The second-order valence-corrected chi connectivity index (χ2v) is 3.58. The van der Waals surface area contributed by atoms with E-state index < -0.39 is 0 Å². The molecule has 1 aromatic heterocycles. The molecule has 0 radical (unpaired) electrons. The van der Waals surface area contributed by atoms with E-state index in [2.05, 4.69) is 4.98 Å². The van der Waals surface area contributed by atoms with E-state index in [1.54, 1.807) is 6.07 Å². The second-order valence-electron chi connectivity index (χ2n) is 3.58. The third kappa shape index (κ3) is 2.25. The van der Waals surface area contributed by atoms with Gasteiger partial charge in [-0.2, -0.15) is 0 Å². The Labute approximate surface area is 76.4 Å². The average Bonchev–Trinajstić information content (AvgIpc) is 2.91. The Hall–Kier alpha value is -0.960. The Balaban J connectivity index is 1.96. The zero-order valence-electron chi connectivity index (χ0n) is 7.28. The van der Waals surface area contributed by atoms with Crippen molar-refractivity contribution in [2.24, 2.45) is 5.92 Å². The Morgan fingerprint density at radius 1 is 1.54 bits per heavy atom. The first-order chi connectivity index (χ1) is 6.25. The van der Waals surface area contributed by atoms with E-state index in [0.717, 1.165) is 18.5 Å². The monoisotopic (exact) mass is 181 g/mol. The fourth-order valence-electron chi connectivity index (χ4n) is 1.39. The summed E-state index contributed by atoms with van der Waals surface area (Å²) in [5.74, 6) is 0.122. The van der Waals surface area contributed by atoms with Crippen molar-refractivity contribution in [3.8, 4) is 0 Å². The quantitative estimate of drug-likeness (QED) is 0.767. The lowest BCUT2D eigenvalue weighted by Crippen LogP contribution is -2.13. The molecular formula is C10H12FNO. The molecule has 0 bridgehead atoms. The van der Waals surface area contributed by atoms with Crippen molar-refractivity contribution in [3.05, 3.63) is 29.8 Å². The van der Waals surface area contributed by atoms with E-state index in [1.807, 2.05) is 0 Å². The molecule has 70 valence electrons. The van der Waals surface area contributed by atoms with Gasteiger partial charge < -0.3 is 5.11 Å². The molecule has 0 amide bonds. The molecular weight excluding hydrogens is 169 g/mol. The van der Waals surface area contributed by atoms with Crippen molar-refractivity contribution >= 4 is 0 Å². The molecule has 1 saturated carbocycles. The SMILES string of the molecule is OC(Cc1ccc(F)cn1)C1CC1. The topological polar surface area (TPSA) is 33.1 Å². The van der Waals surface area contributed by atoms with Crippen LogP contribution >= 0.6 is 0 Å². The summed E-state index contributed by atoms with van der Waals surface area (Å²) >= 11 is 0. The Bertz CT molecular complexity index is 281. The van der Waals surface area contributed by atoms with E-state index in [1.165, 1.54) is 12.3 Å². The third-order valence-corrected chi connectivity index (χ3v) is 2.37. The van der Waals surface area contributed by atoms with Gasteiger partial charge in [0.2, 0.25) is 0 Å². The zero-order chi connectivity index (χ0) is 9.26.